The number of benzene rings is 1. The highest BCUT2D eigenvalue weighted by Gasteiger charge is 2.16. The molecule has 0 aliphatic carbocycles. The number of carbonyl (C=O) groups excluding carboxylic acids is 1. The molecule has 5 heteroatoms. The summed E-state index contributed by atoms with van der Waals surface area (Å²) in [7, 11) is 0. The number of aryl methyl sites for hydroxylation is 2. The smallest absolute Gasteiger partial charge is 0.179 e. The van der Waals surface area contributed by atoms with Crippen LogP contribution in [-0.2, 0) is 6.42 Å². The SMILES string of the molecule is Cc1nc(C)c(C(=O)Cc2cccc(F)c2Cl)s1. The van der Waals surface area contributed by atoms with Gasteiger partial charge in [0.2, 0.25) is 0 Å². The highest BCUT2D eigenvalue weighted by Crippen LogP contribution is 2.24. The van der Waals surface area contributed by atoms with Crippen LogP contribution in [0.2, 0.25) is 5.02 Å². The minimum absolute atomic E-state index is 0.0183. The number of aromatic nitrogens is 1. The van der Waals surface area contributed by atoms with Crippen molar-refractivity contribution in [2.45, 2.75) is 20.3 Å². The molecule has 0 saturated heterocycles. The third-order valence-electron chi connectivity index (χ3n) is 2.54. The van der Waals surface area contributed by atoms with E-state index in [0.717, 1.165) is 10.7 Å². The first-order valence-electron chi connectivity index (χ1n) is 5.39. The van der Waals surface area contributed by atoms with E-state index in [1.165, 1.54) is 17.4 Å². The van der Waals surface area contributed by atoms with Crippen LogP contribution in [0.3, 0.4) is 0 Å². The third kappa shape index (κ3) is 2.60. The van der Waals surface area contributed by atoms with Gasteiger partial charge in [-0.25, -0.2) is 9.37 Å². The second-order valence-electron chi connectivity index (χ2n) is 3.96. The normalized spacial score (nSPS) is 10.7. The quantitative estimate of drug-likeness (QED) is 0.798. The Kier molecular flexibility index (Phi) is 3.78. The molecule has 2 aromatic rings. The summed E-state index contributed by atoms with van der Waals surface area (Å²) < 4.78 is 13.3. The number of halogens is 2. The van der Waals surface area contributed by atoms with Crippen molar-refractivity contribution >= 4 is 28.7 Å². The molecule has 1 heterocycles. The van der Waals surface area contributed by atoms with E-state index in [2.05, 4.69) is 4.98 Å². The average molecular weight is 284 g/mol. The van der Waals surface area contributed by atoms with E-state index in [-0.39, 0.29) is 17.2 Å². The predicted molar refractivity (Wildman–Crippen MR) is 71.0 cm³/mol. The molecular formula is C13H11ClFNOS. The standard InChI is InChI=1S/C13H11ClFNOS/c1-7-13(18-8(2)16-7)11(17)6-9-4-3-5-10(15)12(9)14/h3-5H,6H2,1-2H3. The summed E-state index contributed by atoms with van der Waals surface area (Å²) in [6.45, 7) is 3.65. The van der Waals surface area contributed by atoms with Crippen LogP contribution in [0, 0.1) is 19.7 Å². The molecule has 0 fully saturated rings. The van der Waals surface area contributed by atoms with Gasteiger partial charge in [0.25, 0.3) is 0 Å². The fraction of sp³-hybridized carbons (Fsp3) is 0.231. The summed E-state index contributed by atoms with van der Waals surface area (Å²) in [6.07, 6.45) is 0.0963. The van der Waals surface area contributed by atoms with Crippen molar-refractivity contribution in [3.63, 3.8) is 0 Å². The van der Waals surface area contributed by atoms with Crippen molar-refractivity contribution < 1.29 is 9.18 Å². The second-order valence-corrected chi connectivity index (χ2v) is 5.54. The van der Waals surface area contributed by atoms with Crippen LogP contribution in [-0.4, -0.2) is 10.8 Å². The van der Waals surface area contributed by atoms with Gasteiger partial charge < -0.3 is 0 Å². The fourth-order valence-electron chi connectivity index (χ4n) is 1.73. The van der Waals surface area contributed by atoms with E-state index >= 15 is 0 Å². The molecule has 94 valence electrons. The first-order chi connectivity index (χ1) is 8.49. The van der Waals surface area contributed by atoms with Crippen molar-refractivity contribution in [1.29, 1.82) is 0 Å². The molecule has 0 spiro atoms. The number of thiazole rings is 1. The molecule has 2 rings (SSSR count). The lowest BCUT2D eigenvalue weighted by Crippen LogP contribution is -2.04. The predicted octanol–water partition coefficient (Wildman–Crippen LogP) is 3.98. The summed E-state index contributed by atoms with van der Waals surface area (Å²) in [5, 5.41) is 0.867. The Morgan fingerprint density at radius 2 is 2.17 bits per heavy atom. The minimum atomic E-state index is -0.501. The van der Waals surface area contributed by atoms with Gasteiger partial charge in [-0.2, -0.15) is 0 Å². The van der Waals surface area contributed by atoms with Crippen molar-refractivity contribution in [1.82, 2.24) is 4.98 Å². The molecule has 0 N–H and O–H groups in total. The van der Waals surface area contributed by atoms with Crippen LogP contribution in [0.15, 0.2) is 18.2 Å². The summed E-state index contributed by atoms with van der Waals surface area (Å²) in [5.41, 5.74) is 1.22. The molecule has 0 unspecified atom stereocenters. The lowest BCUT2D eigenvalue weighted by atomic mass is 10.1. The summed E-state index contributed by atoms with van der Waals surface area (Å²) in [5.74, 6) is -0.579. The van der Waals surface area contributed by atoms with Crippen molar-refractivity contribution in [3.05, 3.63) is 50.2 Å². The van der Waals surface area contributed by atoms with Gasteiger partial charge >= 0.3 is 0 Å². The lowest BCUT2D eigenvalue weighted by Gasteiger charge is -2.03. The molecule has 0 bridgehead atoms. The van der Waals surface area contributed by atoms with Crippen LogP contribution in [0.1, 0.15) is 25.9 Å². The maximum absolute atomic E-state index is 13.3. The second kappa shape index (κ2) is 5.16. The van der Waals surface area contributed by atoms with Gasteiger partial charge in [-0.05, 0) is 25.5 Å². The number of rotatable bonds is 3. The van der Waals surface area contributed by atoms with Crippen LogP contribution in [0.4, 0.5) is 4.39 Å². The minimum Gasteiger partial charge on any atom is -0.293 e. The fourth-order valence-corrected chi connectivity index (χ4v) is 2.78. The largest absolute Gasteiger partial charge is 0.293 e. The molecule has 0 amide bonds. The van der Waals surface area contributed by atoms with E-state index in [9.17, 15) is 9.18 Å². The van der Waals surface area contributed by atoms with Crippen molar-refractivity contribution in [2.24, 2.45) is 0 Å². The molecule has 0 aliphatic heterocycles. The van der Waals surface area contributed by atoms with Gasteiger partial charge in [0.05, 0.1) is 20.6 Å². The molecule has 0 radical (unpaired) electrons. The summed E-state index contributed by atoms with van der Waals surface area (Å²) in [4.78, 5) is 16.9. The van der Waals surface area contributed by atoms with Gasteiger partial charge in [0, 0.05) is 6.42 Å². The average Bonchev–Trinajstić information content (AvgIpc) is 2.64. The maximum atomic E-state index is 13.3. The lowest BCUT2D eigenvalue weighted by molar-refractivity contribution is 0.0996. The molecule has 0 saturated carbocycles. The van der Waals surface area contributed by atoms with Crippen molar-refractivity contribution in [2.75, 3.05) is 0 Å². The number of hydrogen-bond acceptors (Lipinski definition) is 3. The Balaban J connectivity index is 2.27. The molecule has 0 aliphatic rings. The molecule has 1 aromatic heterocycles. The van der Waals surface area contributed by atoms with Gasteiger partial charge in [0.1, 0.15) is 5.82 Å². The summed E-state index contributed by atoms with van der Waals surface area (Å²) in [6, 6.07) is 4.49. The molecule has 0 atom stereocenters. The van der Waals surface area contributed by atoms with Crippen LogP contribution in [0.5, 0.6) is 0 Å². The van der Waals surface area contributed by atoms with E-state index in [4.69, 9.17) is 11.6 Å². The Bertz CT molecular complexity index is 609. The Morgan fingerprint density at radius 1 is 1.44 bits per heavy atom. The van der Waals surface area contributed by atoms with E-state index in [1.807, 2.05) is 6.92 Å². The van der Waals surface area contributed by atoms with Gasteiger partial charge in [-0.1, -0.05) is 23.7 Å². The first kappa shape index (κ1) is 13.2. The Morgan fingerprint density at radius 3 is 2.78 bits per heavy atom. The van der Waals surface area contributed by atoms with E-state index < -0.39 is 5.82 Å². The molecular weight excluding hydrogens is 273 g/mol. The Hall–Kier alpha value is -1.26. The van der Waals surface area contributed by atoms with Gasteiger partial charge in [-0.3, -0.25) is 4.79 Å². The van der Waals surface area contributed by atoms with Crippen molar-refractivity contribution in [3.8, 4) is 0 Å². The number of Topliss-reactive ketones (excluding diaryl/α,β-unsaturated/α-hetero) is 1. The number of carbonyl (C=O) groups is 1. The zero-order chi connectivity index (χ0) is 13.3. The van der Waals surface area contributed by atoms with Crippen LogP contribution in [0.25, 0.3) is 0 Å². The third-order valence-corrected chi connectivity index (χ3v) is 4.08. The maximum Gasteiger partial charge on any atom is 0.179 e. The molecule has 1 aromatic carbocycles. The number of nitrogens with zero attached hydrogens (tertiary/aromatic N) is 1. The number of hydrogen-bond donors (Lipinski definition) is 0. The topological polar surface area (TPSA) is 30.0 Å². The monoisotopic (exact) mass is 283 g/mol. The van der Waals surface area contributed by atoms with Gasteiger partial charge in [0.15, 0.2) is 5.78 Å². The Labute approximate surface area is 113 Å². The molecule has 2 nitrogen and oxygen atoms in total. The van der Waals surface area contributed by atoms with E-state index in [1.54, 1.807) is 19.1 Å². The number of ketones is 1. The molecule has 18 heavy (non-hydrogen) atoms. The van der Waals surface area contributed by atoms with Crippen LogP contribution >= 0.6 is 22.9 Å². The first-order valence-corrected chi connectivity index (χ1v) is 6.58. The zero-order valence-corrected chi connectivity index (χ0v) is 11.5. The van der Waals surface area contributed by atoms with Gasteiger partial charge in [-0.15, -0.1) is 11.3 Å². The highest BCUT2D eigenvalue weighted by molar-refractivity contribution is 7.13. The summed E-state index contributed by atoms with van der Waals surface area (Å²) >= 11 is 7.18. The highest BCUT2D eigenvalue weighted by atomic mass is 35.5. The van der Waals surface area contributed by atoms with Crippen LogP contribution < -0.4 is 0 Å². The zero-order valence-electron chi connectivity index (χ0n) is 9.96. The van der Waals surface area contributed by atoms with E-state index in [0.29, 0.717) is 10.4 Å².